The van der Waals surface area contributed by atoms with Crippen LogP contribution < -0.4 is 5.30 Å². The Labute approximate surface area is 93.5 Å². The summed E-state index contributed by atoms with van der Waals surface area (Å²) in [6.45, 7) is 0. The van der Waals surface area contributed by atoms with Gasteiger partial charge in [-0.2, -0.15) is 0 Å². The van der Waals surface area contributed by atoms with Crippen molar-refractivity contribution in [2.75, 3.05) is 0 Å². The summed E-state index contributed by atoms with van der Waals surface area (Å²) in [5.41, 5.74) is 1.33. The first kappa shape index (κ1) is 10.5. The van der Waals surface area contributed by atoms with E-state index in [0.717, 1.165) is 6.16 Å². The summed E-state index contributed by atoms with van der Waals surface area (Å²) < 4.78 is 0. The van der Waals surface area contributed by atoms with Gasteiger partial charge in [-0.25, -0.2) is 0 Å². The first-order valence-corrected chi connectivity index (χ1v) is 6.85. The predicted octanol–water partition coefficient (Wildman–Crippen LogP) is 2.81. The summed E-state index contributed by atoms with van der Waals surface area (Å²) in [7, 11) is 5.31. The molecule has 0 spiro atoms. The third-order valence-electron chi connectivity index (χ3n) is 2.38. The molecule has 0 amide bonds. The Morgan fingerprint density at radius 1 is 0.800 bits per heavy atom. The van der Waals surface area contributed by atoms with Gasteiger partial charge < -0.3 is 0 Å². The van der Waals surface area contributed by atoms with Crippen LogP contribution in [0.1, 0.15) is 5.56 Å². The van der Waals surface area contributed by atoms with Gasteiger partial charge in [-0.15, -0.1) is 0 Å². The van der Waals surface area contributed by atoms with E-state index in [2.05, 4.69) is 48.5 Å². The number of hydrogen-bond donors (Lipinski definition) is 0. The monoisotopic (exact) mass is 211 g/mol. The lowest BCUT2D eigenvalue weighted by Gasteiger charge is -2.04. The van der Waals surface area contributed by atoms with Gasteiger partial charge in [-0.1, -0.05) is 48.5 Å². The molecule has 0 saturated heterocycles. The van der Waals surface area contributed by atoms with Crippen LogP contribution in [0.3, 0.4) is 0 Å². The maximum atomic E-state index is 6.23. The van der Waals surface area contributed by atoms with E-state index in [1.165, 1.54) is 10.9 Å². The van der Waals surface area contributed by atoms with E-state index in [9.17, 15) is 0 Å². The van der Waals surface area contributed by atoms with E-state index < -0.39 is 7.80 Å². The van der Waals surface area contributed by atoms with Crippen LogP contribution >= 0.6 is 7.80 Å². The van der Waals surface area contributed by atoms with Gasteiger partial charge in [0.2, 0.25) is 0 Å². The van der Waals surface area contributed by atoms with Crippen molar-refractivity contribution in [3.63, 3.8) is 0 Å². The SMILES string of the molecule is [B][PH+](Cc1ccccc1)c1ccccc1. The summed E-state index contributed by atoms with van der Waals surface area (Å²) in [6.07, 6.45) is 0.996. The van der Waals surface area contributed by atoms with Crippen molar-refractivity contribution in [1.29, 1.82) is 0 Å². The third kappa shape index (κ3) is 2.94. The molecule has 0 N–H and O–H groups in total. The third-order valence-corrected chi connectivity index (χ3v) is 4.25. The fraction of sp³-hybridized carbons (Fsp3) is 0.0769. The molecule has 15 heavy (non-hydrogen) atoms. The molecule has 72 valence electrons. The highest BCUT2D eigenvalue weighted by atomic mass is 31.1. The van der Waals surface area contributed by atoms with Crippen molar-refractivity contribution in [2.45, 2.75) is 6.16 Å². The lowest BCUT2D eigenvalue weighted by Crippen LogP contribution is -2.01. The Morgan fingerprint density at radius 3 is 1.93 bits per heavy atom. The fourth-order valence-corrected chi connectivity index (χ4v) is 3.07. The van der Waals surface area contributed by atoms with Gasteiger partial charge in [-0.3, -0.25) is 0 Å². The van der Waals surface area contributed by atoms with Gasteiger partial charge in [0, 0.05) is 0 Å². The Balaban J connectivity index is 2.08. The van der Waals surface area contributed by atoms with Crippen LogP contribution in [0.15, 0.2) is 60.7 Å². The van der Waals surface area contributed by atoms with E-state index in [-0.39, 0.29) is 0 Å². The molecule has 0 bridgehead atoms. The van der Waals surface area contributed by atoms with Crippen molar-refractivity contribution in [3.05, 3.63) is 66.2 Å². The highest BCUT2D eigenvalue weighted by Gasteiger charge is 2.12. The molecule has 0 aliphatic heterocycles. The zero-order valence-corrected chi connectivity index (χ0v) is 9.56. The van der Waals surface area contributed by atoms with E-state index >= 15 is 0 Å². The molecular formula is C13H13BP+. The van der Waals surface area contributed by atoms with Crippen LogP contribution in [0, 0.1) is 0 Å². The van der Waals surface area contributed by atoms with E-state index in [1.54, 1.807) is 0 Å². The molecule has 0 aliphatic rings. The van der Waals surface area contributed by atoms with Crippen molar-refractivity contribution >= 4 is 20.7 Å². The summed E-state index contributed by atoms with van der Waals surface area (Å²) in [4.78, 5) is 0. The summed E-state index contributed by atoms with van der Waals surface area (Å²) in [5, 5.41) is 1.30. The maximum absolute atomic E-state index is 6.23. The average molecular weight is 211 g/mol. The average Bonchev–Trinajstić information content (AvgIpc) is 2.31. The Hall–Kier alpha value is -1.07. The number of hydrogen-bond acceptors (Lipinski definition) is 0. The zero-order valence-electron chi connectivity index (χ0n) is 8.56. The summed E-state index contributed by atoms with van der Waals surface area (Å²) in [6, 6.07) is 20.8. The summed E-state index contributed by atoms with van der Waals surface area (Å²) in [5.74, 6) is 0. The molecule has 2 aromatic carbocycles. The molecule has 1 atom stereocenters. The highest BCUT2D eigenvalue weighted by molar-refractivity contribution is 7.87. The quantitative estimate of drug-likeness (QED) is 0.540. The number of benzene rings is 2. The normalized spacial score (nSPS) is 12.3. The summed E-state index contributed by atoms with van der Waals surface area (Å²) >= 11 is 0. The van der Waals surface area contributed by atoms with E-state index in [4.69, 9.17) is 7.57 Å². The Bertz CT molecular complexity index is 399. The molecule has 0 aliphatic carbocycles. The first-order chi connectivity index (χ1) is 7.36. The molecule has 2 aromatic rings. The molecule has 2 heteroatoms. The van der Waals surface area contributed by atoms with Gasteiger partial charge >= 0.3 is 7.57 Å². The maximum Gasteiger partial charge on any atom is 0.368 e. The largest absolute Gasteiger partial charge is 0.368 e. The van der Waals surface area contributed by atoms with Crippen LogP contribution in [0.5, 0.6) is 0 Å². The van der Waals surface area contributed by atoms with Crippen LogP contribution in [0.2, 0.25) is 0 Å². The van der Waals surface area contributed by atoms with Crippen molar-refractivity contribution in [3.8, 4) is 0 Å². The van der Waals surface area contributed by atoms with Gasteiger partial charge in [0.15, 0.2) is 0 Å². The van der Waals surface area contributed by atoms with Gasteiger partial charge in [0.25, 0.3) is 0 Å². The molecule has 2 radical (unpaired) electrons. The fourth-order valence-electron chi connectivity index (χ4n) is 1.57. The molecular weight excluding hydrogens is 198 g/mol. The lowest BCUT2D eigenvalue weighted by molar-refractivity contribution is 1.41. The van der Waals surface area contributed by atoms with Crippen LogP contribution in [-0.2, 0) is 6.16 Å². The highest BCUT2D eigenvalue weighted by Crippen LogP contribution is 2.32. The molecule has 1 unspecified atom stereocenters. The minimum atomic E-state index is -0.920. The molecule has 0 aromatic heterocycles. The van der Waals surface area contributed by atoms with E-state index in [1.807, 2.05) is 12.1 Å². The molecule has 0 saturated carbocycles. The predicted molar refractivity (Wildman–Crippen MR) is 70.3 cm³/mol. The number of rotatable bonds is 3. The van der Waals surface area contributed by atoms with Crippen LogP contribution in [0.25, 0.3) is 0 Å². The standard InChI is InChI=1S/C13H13BP/c14-15(13-9-5-2-6-10-13)11-12-7-3-1-4-8-12/h1-10,15H,11H2/q+1. The molecule has 0 heterocycles. The second-order valence-corrected chi connectivity index (χ2v) is 5.54. The molecule has 0 nitrogen and oxygen atoms in total. The first-order valence-electron chi connectivity index (χ1n) is 5.07. The minimum Gasteiger partial charge on any atom is -0.0622 e. The lowest BCUT2D eigenvalue weighted by atomic mass is 10.2. The Kier molecular flexibility index (Phi) is 3.58. The second kappa shape index (κ2) is 5.14. The topological polar surface area (TPSA) is 0 Å². The second-order valence-electron chi connectivity index (χ2n) is 3.55. The Morgan fingerprint density at radius 2 is 1.33 bits per heavy atom. The van der Waals surface area contributed by atoms with Crippen LogP contribution in [-0.4, -0.2) is 7.57 Å². The molecule has 2 rings (SSSR count). The van der Waals surface area contributed by atoms with Crippen molar-refractivity contribution in [1.82, 2.24) is 0 Å². The van der Waals surface area contributed by atoms with Gasteiger partial charge in [0.05, 0.1) is 11.5 Å². The van der Waals surface area contributed by atoms with Crippen molar-refractivity contribution in [2.24, 2.45) is 0 Å². The van der Waals surface area contributed by atoms with Crippen LogP contribution in [0.4, 0.5) is 0 Å². The molecule has 0 fully saturated rings. The zero-order chi connectivity index (χ0) is 10.5. The van der Waals surface area contributed by atoms with Gasteiger partial charge in [0.1, 0.15) is 0 Å². The van der Waals surface area contributed by atoms with Crippen molar-refractivity contribution < 1.29 is 0 Å². The van der Waals surface area contributed by atoms with E-state index in [0.29, 0.717) is 0 Å². The van der Waals surface area contributed by atoms with Gasteiger partial charge in [-0.05, 0) is 25.5 Å². The smallest absolute Gasteiger partial charge is 0.0622 e. The minimum absolute atomic E-state index is 0.920.